The number of benzene rings is 1. The van der Waals surface area contributed by atoms with E-state index in [-0.39, 0.29) is 0 Å². The monoisotopic (exact) mass is 254 g/mol. The van der Waals surface area contributed by atoms with E-state index >= 15 is 0 Å². The normalized spacial score (nSPS) is 12.8. The molecule has 0 saturated heterocycles. The summed E-state index contributed by atoms with van der Waals surface area (Å²) in [5, 5.41) is 16.8. The Bertz CT molecular complexity index is 637. The van der Waals surface area contributed by atoms with Crippen molar-refractivity contribution in [2.75, 3.05) is 19.0 Å². The lowest BCUT2D eigenvalue weighted by molar-refractivity contribution is 0.180. The predicted molar refractivity (Wildman–Crippen MR) is 71.2 cm³/mol. The van der Waals surface area contributed by atoms with Crippen LogP contribution in [0.1, 0.15) is 16.8 Å². The number of anilines is 1. The van der Waals surface area contributed by atoms with Gasteiger partial charge in [-0.3, -0.25) is 0 Å². The molecule has 0 atom stereocenters. The third kappa shape index (κ3) is 1.96. The largest absolute Gasteiger partial charge is 0.378 e. The molecule has 0 radical (unpaired) electrons. The first-order valence-electron chi connectivity index (χ1n) is 6.17. The summed E-state index contributed by atoms with van der Waals surface area (Å²) in [7, 11) is 1.68. The molecule has 1 N–H and O–H groups in total. The van der Waals surface area contributed by atoms with Crippen molar-refractivity contribution in [1.29, 1.82) is 5.26 Å². The number of aromatic nitrogens is 2. The molecule has 1 aromatic carbocycles. The van der Waals surface area contributed by atoms with Gasteiger partial charge in [-0.05, 0) is 30.7 Å². The first kappa shape index (κ1) is 11.8. The maximum atomic E-state index is 8.83. The van der Waals surface area contributed by atoms with E-state index in [1.165, 1.54) is 5.56 Å². The van der Waals surface area contributed by atoms with E-state index in [2.05, 4.69) is 16.5 Å². The standard InChI is InChI=1S/C14H14N4O/c1-19-9-13-12-6-7-16-14(12)18(17-13)11-4-2-10(8-15)3-5-11/h2-5,16H,6-7,9H2,1H3. The topological polar surface area (TPSA) is 62.9 Å². The Kier molecular flexibility index (Phi) is 2.94. The zero-order valence-corrected chi connectivity index (χ0v) is 10.7. The van der Waals surface area contributed by atoms with Gasteiger partial charge >= 0.3 is 0 Å². The second kappa shape index (κ2) is 4.75. The Morgan fingerprint density at radius 2 is 2.21 bits per heavy atom. The van der Waals surface area contributed by atoms with Crippen molar-refractivity contribution in [3.05, 3.63) is 41.1 Å². The summed E-state index contributed by atoms with van der Waals surface area (Å²) in [6.45, 7) is 1.45. The fraction of sp³-hybridized carbons (Fsp3) is 0.286. The third-order valence-electron chi connectivity index (χ3n) is 3.26. The number of rotatable bonds is 3. The number of ether oxygens (including phenoxy) is 1. The summed E-state index contributed by atoms with van der Waals surface area (Å²) in [5.74, 6) is 1.04. The van der Waals surface area contributed by atoms with Gasteiger partial charge in [0, 0.05) is 19.2 Å². The molecule has 5 nitrogen and oxygen atoms in total. The molecule has 1 aliphatic rings. The highest BCUT2D eigenvalue weighted by atomic mass is 16.5. The second-order valence-electron chi connectivity index (χ2n) is 4.45. The van der Waals surface area contributed by atoms with Crippen LogP contribution >= 0.6 is 0 Å². The molecule has 3 rings (SSSR count). The average Bonchev–Trinajstić information content (AvgIpc) is 3.03. The Labute approximate surface area is 111 Å². The maximum absolute atomic E-state index is 8.83. The number of nitrogens with one attached hydrogen (secondary N) is 1. The highest BCUT2D eigenvalue weighted by molar-refractivity contribution is 5.57. The van der Waals surface area contributed by atoms with Crippen molar-refractivity contribution >= 4 is 5.82 Å². The van der Waals surface area contributed by atoms with E-state index in [9.17, 15) is 0 Å². The maximum Gasteiger partial charge on any atom is 0.133 e. The molecule has 0 aliphatic carbocycles. The highest BCUT2D eigenvalue weighted by Gasteiger charge is 2.22. The number of hydrogen-bond acceptors (Lipinski definition) is 4. The van der Waals surface area contributed by atoms with Crippen LogP contribution < -0.4 is 5.32 Å². The van der Waals surface area contributed by atoms with Crippen LogP contribution in [-0.4, -0.2) is 23.4 Å². The molecule has 19 heavy (non-hydrogen) atoms. The molecule has 2 heterocycles. The van der Waals surface area contributed by atoms with Crippen molar-refractivity contribution in [3.63, 3.8) is 0 Å². The van der Waals surface area contributed by atoms with Gasteiger partial charge in [-0.15, -0.1) is 0 Å². The van der Waals surface area contributed by atoms with Crippen molar-refractivity contribution in [1.82, 2.24) is 9.78 Å². The van der Waals surface area contributed by atoms with E-state index in [0.717, 1.165) is 30.2 Å². The van der Waals surface area contributed by atoms with Crippen molar-refractivity contribution in [2.45, 2.75) is 13.0 Å². The minimum Gasteiger partial charge on any atom is -0.378 e. The van der Waals surface area contributed by atoms with Gasteiger partial charge in [0.25, 0.3) is 0 Å². The lowest BCUT2D eigenvalue weighted by Crippen LogP contribution is -2.05. The van der Waals surface area contributed by atoms with E-state index in [0.29, 0.717) is 12.2 Å². The molecule has 96 valence electrons. The quantitative estimate of drug-likeness (QED) is 0.908. The van der Waals surface area contributed by atoms with Gasteiger partial charge < -0.3 is 10.1 Å². The smallest absolute Gasteiger partial charge is 0.133 e. The van der Waals surface area contributed by atoms with Gasteiger partial charge in [-0.25, -0.2) is 4.68 Å². The summed E-state index contributed by atoms with van der Waals surface area (Å²) in [5.41, 5.74) is 3.81. The molecular formula is C14H14N4O. The number of nitriles is 1. The molecule has 0 saturated carbocycles. The van der Waals surface area contributed by atoms with Crippen LogP contribution in [0.25, 0.3) is 5.69 Å². The van der Waals surface area contributed by atoms with E-state index in [1.54, 1.807) is 19.2 Å². The number of hydrogen-bond donors (Lipinski definition) is 1. The van der Waals surface area contributed by atoms with Crippen LogP contribution in [0.3, 0.4) is 0 Å². The lowest BCUT2D eigenvalue weighted by Gasteiger charge is -2.06. The minimum absolute atomic E-state index is 0.521. The predicted octanol–water partition coefficient (Wildman–Crippen LogP) is 1.86. The van der Waals surface area contributed by atoms with Crippen LogP contribution in [0.4, 0.5) is 5.82 Å². The third-order valence-corrected chi connectivity index (χ3v) is 3.26. The summed E-state index contributed by atoms with van der Waals surface area (Å²) in [6.07, 6.45) is 0.976. The highest BCUT2D eigenvalue weighted by Crippen LogP contribution is 2.28. The van der Waals surface area contributed by atoms with Crippen LogP contribution in [0.2, 0.25) is 0 Å². The van der Waals surface area contributed by atoms with Gasteiger partial charge in [-0.1, -0.05) is 0 Å². The fourth-order valence-corrected chi connectivity index (χ4v) is 2.36. The number of methoxy groups -OCH3 is 1. The molecule has 0 unspecified atom stereocenters. The van der Waals surface area contributed by atoms with E-state index in [4.69, 9.17) is 10.00 Å². The Morgan fingerprint density at radius 3 is 2.89 bits per heavy atom. The summed E-state index contributed by atoms with van der Waals surface area (Å²) >= 11 is 0. The number of nitrogens with zero attached hydrogens (tertiary/aromatic N) is 3. The summed E-state index contributed by atoms with van der Waals surface area (Å²) in [6, 6.07) is 9.53. The summed E-state index contributed by atoms with van der Waals surface area (Å²) in [4.78, 5) is 0. The van der Waals surface area contributed by atoms with Gasteiger partial charge in [0.1, 0.15) is 5.82 Å². The van der Waals surface area contributed by atoms with Gasteiger partial charge in [-0.2, -0.15) is 10.4 Å². The van der Waals surface area contributed by atoms with Crippen molar-refractivity contribution in [3.8, 4) is 11.8 Å². The molecule has 0 spiro atoms. The number of fused-ring (bicyclic) bond motifs is 1. The Balaban J connectivity index is 2.05. The molecule has 5 heteroatoms. The fourth-order valence-electron chi connectivity index (χ4n) is 2.36. The van der Waals surface area contributed by atoms with Crippen LogP contribution in [0, 0.1) is 11.3 Å². The SMILES string of the molecule is COCc1nn(-c2ccc(C#N)cc2)c2c1CCN2. The Morgan fingerprint density at radius 1 is 1.42 bits per heavy atom. The van der Waals surface area contributed by atoms with Crippen molar-refractivity contribution < 1.29 is 4.74 Å². The molecule has 2 aromatic rings. The Hall–Kier alpha value is -2.32. The first-order valence-corrected chi connectivity index (χ1v) is 6.17. The average molecular weight is 254 g/mol. The van der Waals surface area contributed by atoms with Gasteiger partial charge in [0.15, 0.2) is 0 Å². The molecular weight excluding hydrogens is 240 g/mol. The van der Waals surface area contributed by atoms with Gasteiger partial charge in [0.05, 0.1) is 29.6 Å². The molecule has 1 aliphatic heterocycles. The zero-order valence-electron chi connectivity index (χ0n) is 10.7. The van der Waals surface area contributed by atoms with Gasteiger partial charge in [0.2, 0.25) is 0 Å². The molecule has 0 fully saturated rings. The van der Waals surface area contributed by atoms with Crippen LogP contribution in [-0.2, 0) is 17.8 Å². The van der Waals surface area contributed by atoms with E-state index < -0.39 is 0 Å². The lowest BCUT2D eigenvalue weighted by atomic mass is 10.2. The second-order valence-corrected chi connectivity index (χ2v) is 4.45. The molecule has 0 bridgehead atoms. The first-order chi connectivity index (χ1) is 9.33. The minimum atomic E-state index is 0.521. The molecule has 1 aromatic heterocycles. The molecule has 0 amide bonds. The zero-order chi connectivity index (χ0) is 13.2. The summed E-state index contributed by atoms with van der Waals surface area (Å²) < 4.78 is 7.08. The van der Waals surface area contributed by atoms with Crippen molar-refractivity contribution in [2.24, 2.45) is 0 Å². The van der Waals surface area contributed by atoms with Crippen LogP contribution in [0.5, 0.6) is 0 Å². The van der Waals surface area contributed by atoms with Crippen LogP contribution in [0.15, 0.2) is 24.3 Å². The van der Waals surface area contributed by atoms with E-state index in [1.807, 2.05) is 16.8 Å².